The summed E-state index contributed by atoms with van der Waals surface area (Å²) in [4.78, 5) is 9.84. The number of aromatic hydroxyl groups is 1. The summed E-state index contributed by atoms with van der Waals surface area (Å²) in [5.41, 5.74) is -0.308. The van der Waals surface area contributed by atoms with Crippen molar-refractivity contribution in [1.82, 2.24) is 5.32 Å². The third kappa shape index (κ3) is 2.22. The summed E-state index contributed by atoms with van der Waals surface area (Å²) in [5.74, 6) is 0.0882. The van der Waals surface area contributed by atoms with Crippen molar-refractivity contribution in [3.63, 3.8) is 0 Å². The number of rotatable bonds is 3. The van der Waals surface area contributed by atoms with Crippen LogP contribution in [0.3, 0.4) is 0 Å². The average Bonchev–Trinajstić information content (AvgIpc) is 2.70. The van der Waals surface area contributed by atoms with Crippen molar-refractivity contribution >= 4 is 5.69 Å². The molecule has 1 aliphatic heterocycles. The highest BCUT2D eigenvalue weighted by atomic mass is 16.6. The van der Waals surface area contributed by atoms with E-state index in [4.69, 9.17) is 4.74 Å². The Labute approximate surface area is 92.0 Å². The predicted molar refractivity (Wildman–Crippen MR) is 56.7 cm³/mol. The maximum Gasteiger partial charge on any atom is 0.310 e. The summed E-state index contributed by atoms with van der Waals surface area (Å²) in [6, 6.07) is 4.01. The molecule has 1 aliphatic rings. The van der Waals surface area contributed by atoms with E-state index in [9.17, 15) is 15.2 Å². The summed E-state index contributed by atoms with van der Waals surface area (Å²) in [5, 5.41) is 23.0. The molecule has 86 valence electrons. The number of benzene rings is 1. The third-order valence-corrected chi connectivity index (χ3v) is 2.46. The number of phenolic OH excluding ortho intramolecular Hbond substituents is 1. The number of ether oxygens (including phenoxy) is 1. The second-order valence-corrected chi connectivity index (χ2v) is 3.64. The lowest BCUT2D eigenvalue weighted by Crippen LogP contribution is -2.19. The summed E-state index contributed by atoms with van der Waals surface area (Å²) in [6.07, 6.45) is 0.971. The van der Waals surface area contributed by atoms with Gasteiger partial charge in [0.2, 0.25) is 0 Å². The molecule has 0 spiro atoms. The largest absolute Gasteiger partial charge is 0.502 e. The lowest BCUT2D eigenvalue weighted by Gasteiger charge is -2.12. The van der Waals surface area contributed by atoms with Crippen LogP contribution in [0, 0.1) is 10.1 Å². The molecule has 6 heteroatoms. The maximum atomic E-state index is 10.5. The highest BCUT2D eigenvalue weighted by Crippen LogP contribution is 2.30. The molecule has 0 aliphatic carbocycles. The average molecular weight is 224 g/mol. The van der Waals surface area contributed by atoms with E-state index in [1.807, 2.05) is 0 Å². The Morgan fingerprint density at radius 2 is 2.38 bits per heavy atom. The van der Waals surface area contributed by atoms with Gasteiger partial charge in [-0.25, -0.2) is 0 Å². The van der Waals surface area contributed by atoms with Gasteiger partial charge in [-0.1, -0.05) is 0 Å². The van der Waals surface area contributed by atoms with Gasteiger partial charge in [0.05, 0.1) is 4.92 Å². The zero-order valence-electron chi connectivity index (χ0n) is 8.55. The molecule has 2 rings (SSSR count). The van der Waals surface area contributed by atoms with Crippen molar-refractivity contribution < 1.29 is 14.8 Å². The van der Waals surface area contributed by atoms with Gasteiger partial charge in [0.1, 0.15) is 11.9 Å². The van der Waals surface area contributed by atoms with E-state index in [1.54, 1.807) is 0 Å². The van der Waals surface area contributed by atoms with Gasteiger partial charge in [0.15, 0.2) is 5.75 Å². The number of nitro benzene ring substituents is 1. The second kappa shape index (κ2) is 4.36. The molecule has 1 saturated heterocycles. The molecule has 0 radical (unpaired) electrons. The molecule has 1 unspecified atom stereocenters. The fourth-order valence-corrected chi connectivity index (χ4v) is 1.65. The Hall–Kier alpha value is -1.82. The maximum absolute atomic E-state index is 10.5. The molecular formula is C10H12N2O4. The van der Waals surface area contributed by atoms with Gasteiger partial charge in [-0.2, -0.15) is 0 Å². The lowest BCUT2D eigenvalue weighted by atomic mass is 10.2. The van der Waals surface area contributed by atoms with Crippen LogP contribution in [-0.2, 0) is 0 Å². The van der Waals surface area contributed by atoms with E-state index in [-0.39, 0.29) is 17.5 Å². The van der Waals surface area contributed by atoms with E-state index in [0.717, 1.165) is 19.5 Å². The standard InChI is InChI=1S/C10H12N2O4/c13-10-5-7(1-2-9(10)12(14)15)16-8-3-4-11-6-8/h1-2,5,8,11,13H,3-4,6H2. The minimum absolute atomic E-state index is 0.0702. The molecule has 2 N–H and O–H groups in total. The normalized spacial score (nSPS) is 19.6. The van der Waals surface area contributed by atoms with Crippen LogP contribution in [-0.4, -0.2) is 29.2 Å². The molecule has 0 saturated carbocycles. The van der Waals surface area contributed by atoms with Crippen LogP contribution >= 0.6 is 0 Å². The smallest absolute Gasteiger partial charge is 0.310 e. The number of nitro groups is 1. The van der Waals surface area contributed by atoms with Gasteiger partial charge in [-0.05, 0) is 19.0 Å². The molecule has 1 heterocycles. The van der Waals surface area contributed by atoms with Crippen molar-refractivity contribution in [1.29, 1.82) is 0 Å². The SMILES string of the molecule is O=[N+]([O-])c1ccc(OC2CCNC2)cc1O. The number of hydrogen-bond acceptors (Lipinski definition) is 5. The number of hydrogen-bond donors (Lipinski definition) is 2. The highest BCUT2D eigenvalue weighted by molar-refractivity contribution is 5.49. The predicted octanol–water partition coefficient (Wildman–Crippen LogP) is 1.04. The van der Waals surface area contributed by atoms with Crippen LogP contribution in [0.1, 0.15) is 6.42 Å². The fourth-order valence-electron chi connectivity index (χ4n) is 1.65. The van der Waals surface area contributed by atoms with Crippen molar-refractivity contribution in [2.75, 3.05) is 13.1 Å². The molecule has 0 aromatic heterocycles. The van der Waals surface area contributed by atoms with Gasteiger partial charge in [0.25, 0.3) is 0 Å². The molecule has 1 fully saturated rings. The zero-order valence-corrected chi connectivity index (χ0v) is 8.55. The molecule has 1 atom stereocenters. The molecule has 1 aromatic carbocycles. The Morgan fingerprint density at radius 1 is 1.56 bits per heavy atom. The van der Waals surface area contributed by atoms with Crippen LogP contribution in [0.2, 0.25) is 0 Å². The monoisotopic (exact) mass is 224 g/mol. The van der Waals surface area contributed by atoms with Crippen molar-refractivity contribution in [3.05, 3.63) is 28.3 Å². The quantitative estimate of drug-likeness (QED) is 0.592. The summed E-state index contributed by atoms with van der Waals surface area (Å²) in [7, 11) is 0. The molecular weight excluding hydrogens is 212 g/mol. The summed E-state index contributed by atoms with van der Waals surface area (Å²) >= 11 is 0. The summed E-state index contributed by atoms with van der Waals surface area (Å²) < 4.78 is 5.55. The minimum Gasteiger partial charge on any atom is -0.502 e. The summed E-state index contributed by atoms with van der Waals surface area (Å²) in [6.45, 7) is 1.67. The number of nitrogens with zero attached hydrogens (tertiary/aromatic N) is 1. The van der Waals surface area contributed by atoms with Crippen LogP contribution < -0.4 is 10.1 Å². The van der Waals surface area contributed by atoms with Crippen LogP contribution in [0.15, 0.2) is 18.2 Å². The first-order valence-corrected chi connectivity index (χ1v) is 5.01. The minimum atomic E-state index is -0.629. The Kier molecular flexibility index (Phi) is 2.91. The first-order valence-electron chi connectivity index (χ1n) is 5.01. The van der Waals surface area contributed by atoms with Gasteiger partial charge in [0, 0.05) is 18.7 Å². The highest BCUT2D eigenvalue weighted by Gasteiger charge is 2.18. The zero-order chi connectivity index (χ0) is 11.5. The number of nitrogens with one attached hydrogen (secondary N) is 1. The molecule has 0 amide bonds. The van der Waals surface area contributed by atoms with Crippen molar-refractivity contribution in [3.8, 4) is 11.5 Å². The van der Waals surface area contributed by atoms with Gasteiger partial charge in [-0.3, -0.25) is 10.1 Å². The molecule has 1 aromatic rings. The first kappa shape index (κ1) is 10.7. The second-order valence-electron chi connectivity index (χ2n) is 3.64. The third-order valence-electron chi connectivity index (χ3n) is 2.46. The topological polar surface area (TPSA) is 84.6 Å². The van der Waals surface area contributed by atoms with Gasteiger partial charge >= 0.3 is 5.69 Å². The Morgan fingerprint density at radius 3 is 2.94 bits per heavy atom. The van der Waals surface area contributed by atoms with E-state index < -0.39 is 4.92 Å². The van der Waals surface area contributed by atoms with E-state index in [2.05, 4.69) is 5.32 Å². The van der Waals surface area contributed by atoms with Gasteiger partial charge < -0.3 is 15.2 Å². The van der Waals surface area contributed by atoms with Crippen molar-refractivity contribution in [2.24, 2.45) is 0 Å². The van der Waals surface area contributed by atoms with Crippen LogP contribution in [0.25, 0.3) is 0 Å². The molecule has 0 bridgehead atoms. The Balaban J connectivity index is 2.11. The van der Waals surface area contributed by atoms with E-state index in [0.29, 0.717) is 5.75 Å². The fraction of sp³-hybridized carbons (Fsp3) is 0.400. The van der Waals surface area contributed by atoms with Gasteiger partial charge in [-0.15, -0.1) is 0 Å². The van der Waals surface area contributed by atoms with Crippen LogP contribution in [0.5, 0.6) is 11.5 Å². The lowest BCUT2D eigenvalue weighted by molar-refractivity contribution is -0.385. The first-order chi connectivity index (χ1) is 7.66. The van der Waals surface area contributed by atoms with E-state index in [1.165, 1.54) is 18.2 Å². The number of phenols is 1. The molecule has 6 nitrogen and oxygen atoms in total. The van der Waals surface area contributed by atoms with Crippen molar-refractivity contribution in [2.45, 2.75) is 12.5 Å². The van der Waals surface area contributed by atoms with Crippen LogP contribution in [0.4, 0.5) is 5.69 Å². The Bertz CT molecular complexity index is 402. The van der Waals surface area contributed by atoms with E-state index >= 15 is 0 Å². The molecule has 16 heavy (non-hydrogen) atoms.